The number of thiazole rings is 1. The Hall–Kier alpha value is -3.46. The van der Waals surface area contributed by atoms with E-state index in [1.165, 1.54) is 28.0 Å². The monoisotopic (exact) mass is 452 g/mol. The van der Waals surface area contributed by atoms with Gasteiger partial charge in [-0.2, -0.15) is 5.10 Å². The molecule has 1 aliphatic rings. The van der Waals surface area contributed by atoms with Crippen LogP contribution in [-0.4, -0.2) is 32.0 Å². The van der Waals surface area contributed by atoms with Crippen molar-refractivity contribution in [1.82, 2.24) is 14.3 Å². The summed E-state index contributed by atoms with van der Waals surface area (Å²) in [5, 5.41) is 14.2. The van der Waals surface area contributed by atoms with Crippen LogP contribution in [0.3, 0.4) is 0 Å². The Bertz CT molecular complexity index is 1390. The summed E-state index contributed by atoms with van der Waals surface area (Å²) in [6.07, 6.45) is 3.72. The van der Waals surface area contributed by atoms with Gasteiger partial charge in [0.05, 0.1) is 34.1 Å². The van der Waals surface area contributed by atoms with Crippen molar-refractivity contribution >= 4 is 23.4 Å². The summed E-state index contributed by atoms with van der Waals surface area (Å²) in [6.45, 7) is 8.32. The molecule has 0 saturated carbocycles. The number of esters is 1. The van der Waals surface area contributed by atoms with Gasteiger partial charge in [-0.1, -0.05) is 23.5 Å². The first-order chi connectivity index (χ1) is 15.3. The zero-order valence-electron chi connectivity index (χ0n) is 18.3. The maximum Gasteiger partial charge on any atom is 0.338 e. The van der Waals surface area contributed by atoms with Gasteiger partial charge in [0, 0.05) is 18.3 Å². The van der Waals surface area contributed by atoms with Crippen LogP contribution in [0.15, 0.2) is 51.5 Å². The molecule has 1 N–H and O–H groups in total. The van der Waals surface area contributed by atoms with Crippen LogP contribution in [0.4, 0.5) is 0 Å². The van der Waals surface area contributed by atoms with Crippen molar-refractivity contribution in [3.63, 3.8) is 0 Å². The molecule has 2 aromatic heterocycles. The Kier molecular flexibility index (Phi) is 5.84. The molecular weight excluding hydrogens is 428 g/mol. The van der Waals surface area contributed by atoms with E-state index in [-0.39, 0.29) is 17.9 Å². The molecule has 1 aliphatic heterocycles. The van der Waals surface area contributed by atoms with E-state index in [1.807, 2.05) is 30.8 Å². The van der Waals surface area contributed by atoms with Crippen LogP contribution in [-0.2, 0) is 16.1 Å². The summed E-state index contributed by atoms with van der Waals surface area (Å²) >= 11 is 1.27. The zero-order valence-corrected chi connectivity index (χ0v) is 19.1. The summed E-state index contributed by atoms with van der Waals surface area (Å²) < 4.78 is 9.13. The average molecular weight is 453 g/mol. The lowest BCUT2D eigenvalue weighted by Gasteiger charge is -2.24. The quantitative estimate of drug-likeness (QED) is 0.598. The number of fused-ring (bicyclic) bond motifs is 1. The SMILES string of the molecule is CCOC(=O)C1=C(C)N=c2sc(=Cc3cn(CC)nc3C)c(=O)n2C1c1ccc(O)cc1. The van der Waals surface area contributed by atoms with Gasteiger partial charge in [0.2, 0.25) is 0 Å². The molecule has 4 rings (SSSR count). The van der Waals surface area contributed by atoms with E-state index in [4.69, 9.17) is 4.74 Å². The van der Waals surface area contributed by atoms with Crippen molar-refractivity contribution in [2.45, 2.75) is 40.3 Å². The summed E-state index contributed by atoms with van der Waals surface area (Å²) in [7, 11) is 0. The fourth-order valence-corrected chi connectivity index (χ4v) is 4.78. The fraction of sp³-hybridized carbons (Fsp3) is 0.304. The first kappa shape index (κ1) is 21.8. The van der Waals surface area contributed by atoms with Gasteiger partial charge in [-0.3, -0.25) is 14.0 Å². The molecule has 3 aromatic rings. The number of ether oxygens (including phenoxy) is 1. The molecule has 1 atom stereocenters. The smallest absolute Gasteiger partial charge is 0.338 e. The minimum absolute atomic E-state index is 0.1000. The number of allylic oxidation sites excluding steroid dienone is 1. The van der Waals surface area contributed by atoms with Gasteiger partial charge in [0.15, 0.2) is 4.80 Å². The second-order valence-electron chi connectivity index (χ2n) is 7.42. The lowest BCUT2D eigenvalue weighted by Crippen LogP contribution is -2.39. The molecule has 32 heavy (non-hydrogen) atoms. The number of aryl methyl sites for hydroxylation is 2. The highest BCUT2D eigenvalue weighted by molar-refractivity contribution is 7.07. The van der Waals surface area contributed by atoms with E-state index in [9.17, 15) is 14.7 Å². The van der Waals surface area contributed by atoms with Crippen molar-refractivity contribution in [1.29, 1.82) is 0 Å². The predicted molar refractivity (Wildman–Crippen MR) is 121 cm³/mol. The maximum absolute atomic E-state index is 13.5. The number of hydrogen-bond donors (Lipinski definition) is 1. The number of carbonyl (C=O) groups is 1. The Morgan fingerprint density at radius 2 is 1.97 bits per heavy atom. The largest absolute Gasteiger partial charge is 0.508 e. The third-order valence-electron chi connectivity index (χ3n) is 5.32. The molecule has 0 radical (unpaired) electrons. The standard InChI is InChI=1S/C23H24N4O4S/c1-5-26-12-16(13(3)25-26)11-18-21(29)27-20(15-7-9-17(28)10-8-15)19(22(30)31-6-2)14(4)24-23(27)32-18/h7-12,20,28H,5-6H2,1-4H3. The Balaban J connectivity index is 1.95. The first-order valence-corrected chi connectivity index (χ1v) is 11.2. The minimum atomic E-state index is -0.701. The number of aromatic hydroxyl groups is 1. The number of phenolic OH excluding ortho intramolecular Hbond substituents is 1. The summed E-state index contributed by atoms with van der Waals surface area (Å²) in [5.74, 6) is -0.413. The van der Waals surface area contributed by atoms with Crippen LogP contribution in [0.5, 0.6) is 5.75 Å². The van der Waals surface area contributed by atoms with E-state index >= 15 is 0 Å². The molecule has 0 aliphatic carbocycles. The second kappa shape index (κ2) is 8.58. The van der Waals surface area contributed by atoms with Crippen LogP contribution in [0.1, 0.15) is 43.6 Å². The van der Waals surface area contributed by atoms with Crippen molar-refractivity contribution in [3.05, 3.63) is 78.2 Å². The van der Waals surface area contributed by atoms with Crippen LogP contribution in [0.25, 0.3) is 6.08 Å². The first-order valence-electron chi connectivity index (χ1n) is 10.4. The Labute approximate surface area is 188 Å². The van der Waals surface area contributed by atoms with E-state index in [0.29, 0.717) is 26.2 Å². The number of nitrogens with zero attached hydrogens (tertiary/aromatic N) is 4. The lowest BCUT2D eigenvalue weighted by molar-refractivity contribution is -0.139. The number of aromatic nitrogens is 3. The molecular formula is C23H24N4O4S. The number of carbonyl (C=O) groups excluding carboxylic acids is 1. The van der Waals surface area contributed by atoms with E-state index < -0.39 is 12.0 Å². The van der Waals surface area contributed by atoms with E-state index in [0.717, 1.165) is 17.8 Å². The second-order valence-corrected chi connectivity index (χ2v) is 8.43. The van der Waals surface area contributed by atoms with Gasteiger partial charge >= 0.3 is 5.97 Å². The van der Waals surface area contributed by atoms with E-state index in [2.05, 4.69) is 10.1 Å². The molecule has 0 spiro atoms. The van der Waals surface area contributed by atoms with Crippen LogP contribution >= 0.6 is 11.3 Å². The van der Waals surface area contributed by atoms with Crippen molar-refractivity contribution in [3.8, 4) is 5.75 Å². The molecule has 1 aromatic carbocycles. The molecule has 1 unspecified atom stereocenters. The Morgan fingerprint density at radius 1 is 1.25 bits per heavy atom. The highest BCUT2D eigenvalue weighted by Crippen LogP contribution is 2.31. The van der Waals surface area contributed by atoms with Gasteiger partial charge < -0.3 is 9.84 Å². The highest BCUT2D eigenvalue weighted by Gasteiger charge is 2.33. The van der Waals surface area contributed by atoms with Crippen molar-refractivity contribution in [2.24, 2.45) is 4.99 Å². The Morgan fingerprint density at radius 3 is 2.59 bits per heavy atom. The highest BCUT2D eigenvalue weighted by atomic mass is 32.1. The van der Waals surface area contributed by atoms with Crippen LogP contribution in [0.2, 0.25) is 0 Å². The third-order valence-corrected chi connectivity index (χ3v) is 6.30. The van der Waals surface area contributed by atoms with Gasteiger partial charge in [-0.15, -0.1) is 0 Å². The summed E-state index contributed by atoms with van der Waals surface area (Å²) in [6, 6.07) is 5.76. The average Bonchev–Trinajstić information content (AvgIpc) is 3.27. The summed E-state index contributed by atoms with van der Waals surface area (Å²) in [5.41, 5.74) is 2.94. The maximum atomic E-state index is 13.5. The molecule has 0 saturated heterocycles. The number of rotatable bonds is 5. The van der Waals surface area contributed by atoms with Gasteiger partial charge in [-0.05, 0) is 51.5 Å². The fourth-order valence-electron chi connectivity index (χ4n) is 3.74. The van der Waals surface area contributed by atoms with Crippen molar-refractivity contribution in [2.75, 3.05) is 6.61 Å². The lowest BCUT2D eigenvalue weighted by atomic mass is 9.96. The summed E-state index contributed by atoms with van der Waals surface area (Å²) in [4.78, 5) is 31.4. The molecule has 9 heteroatoms. The molecule has 3 heterocycles. The normalized spacial score (nSPS) is 16.1. The molecule has 0 fully saturated rings. The van der Waals surface area contributed by atoms with Crippen molar-refractivity contribution < 1.29 is 14.6 Å². The van der Waals surface area contributed by atoms with Crippen LogP contribution < -0.4 is 14.9 Å². The molecule has 166 valence electrons. The van der Waals surface area contributed by atoms with Gasteiger partial charge in [-0.25, -0.2) is 9.79 Å². The molecule has 0 amide bonds. The topological polar surface area (TPSA) is 98.7 Å². The molecule has 8 nitrogen and oxygen atoms in total. The van der Waals surface area contributed by atoms with Gasteiger partial charge in [0.25, 0.3) is 5.56 Å². The minimum Gasteiger partial charge on any atom is -0.508 e. The predicted octanol–water partition coefficient (Wildman–Crippen LogP) is 2.03. The van der Waals surface area contributed by atoms with E-state index in [1.54, 1.807) is 26.0 Å². The number of hydrogen-bond acceptors (Lipinski definition) is 7. The van der Waals surface area contributed by atoms with Crippen LogP contribution in [0, 0.1) is 6.92 Å². The third kappa shape index (κ3) is 3.80. The van der Waals surface area contributed by atoms with Gasteiger partial charge in [0.1, 0.15) is 5.75 Å². The number of phenols is 1. The number of benzene rings is 1. The zero-order chi connectivity index (χ0) is 23.0. The molecule has 0 bridgehead atoms.